The number of carbonyl (C=O) groups excluding carboxylic acids is 6. The second kappa shape index (κ2) is 12.4. The topological polar surface area (TPSA) is 182 Å². The molecule has 146 valence electrons. The van der Waals surface area contributed by atoms with Crippen LogP contribution in [0.15, 0.2) is 0 Å². The second-order valence-corrected chi connectivity index (χ2v) is 5.29. The highest BCUT2D eigenvalue weighted by Gasteiger charge is 2.27. The molecule has 0 aliphatic heterocycles. The van der Waals surface area contributed by atoms with Crippen molar-refractivity contribution < 1.29 is 43.0 Å². The Hall–Kier alpha value is -2.98. The van der Waals surface area contributed by atoms with E-state index in [0.717, 1.165) is 0 Å². The first-order valence-electron chi connectivity index (χ1n) is 7.69. The molecule has 11 heteroatoms. The van der Waals surface area contributed by atoms with Crippen LogP contribution in [0.2, 0.25) is 0 Å². The van der Waals surface area contributed by atoms with E-state index in [2.05, 4.69) is 9.47 Å². The molecule has 11 nitrogen and oxygen atoms in total. The molecule has 0 bridgehead atoms. The van der Waals surface area contributed by atoms with Gasteiger partial charge in [-0.3, -0.25) is 24.0 Å². The van der Waals surface area contributed by atoms with Crippen molar-refractivity contribution in [3.63, 3.8) is 0 Å². The number of primary amides is 2. The summed E-state index contributed by atoms with van der Waals surface area (Å²) < 4.78 is 13.9. The molecule has 1 atom stereocenters. The van der Waals surface area contributed by atoms with Gasteiger partial charge in [0.2, 0.25) is 12.0 Å². The van der Waals surface area contributed by atoms with Gasteiger partial charge in [-0.1, -0.05) is 0 Å². The first-order valence-corrected chi connectivity index (χ1v) is 7.69. The van der Waals surface area contributed by atoms with E-state index in [4.69, 9.17) is 16.2 Å². The van der Waals surface area contributed by atoms with Crippen molar-refractivity contribution in [1.29, 1.82) is 0 Å². The van der Waals surface area contributed by atoms with Crippen LogP contribution in [0.1, 0.15) is 39.0 Å². The lowest BCUT2D eigenvalue weighted by molar-refractivity contribution is -0.169. The fraction of sp³-hybridized carbons (Fsp3) is 0.600. The molecule has 26 heavy (non-hydrogen) atoms. The monoisotopic (exact) mass is 374 g/mol. The predicted octanol–water partition coefficient (Wildman–Crippen LogP) is -1.51. The average molecular weight is 374 g/mol. The Balaban J connectivity index is 4.25. The van der Waals surface area contributed by atoms with Crippen molar-refractivity contribution in [3.05, 3.63) is 0 Å². The van der Waals surface area contributed by atoms with Gasteiger partial charge in [0, 0.05) is 12.8 Å². The van der Waals surface area contributed by atoms with Crippen LogP contribution in [0.25, 0.3) is 0 Å². The Labute approximate surface area is 149 Å². The van der Waals surface area contributed by atoms with Crippen LogP contribution in [0.3, 0.4) is 0 Å². The molecule has 0 rings (SSSR count). The van der Waals surface area contributed by atoms with Crippen LogP contribution in [0, 0.1) is 0 Å². The molecule has 2 amide bonds. The number of carbonyl (C=O) groups is 6. The number of hydrogen-bond donors (Lipinski definition) is 2. The standard InChI is InChI=1S/C15H22N2O9/c1-9(18)7-24-13(21)4-2-3-5-14(22)26-10(6-11(16)19)15(23)25-8-12(17)20/h10H,2-8H2,1H3,(H2,16,19)(H2,17,20). The highest BCUT2D eigenvalue weighted by molar-refractivity contribution is 5.87. The SMILES string of the molecule is CC(=O)COC(=O)CCCCC(=O)OC(CC(N)=O)C(=O)OCC(N)=O. The van der Waals surface area contributed by atoms with Crippen molar-refractivity contribution in [2.24, 2.45) is 11.5 Å². The van der Waals surface area contributed by atoms with Gasteiger partial charge < -0.3 is 25.7 Å². The minimum atomic E-state index is -1.58. The number of hydrogen-bond acceptors (Lipinski definition) is 9. The van der Waals surface area contributed by atoms with Gasteiger partial charge in [0.25, 0.3) is 5.91 Å². The van der Waals surface area contributed by atoms with Crippen LogP contribution >= 0.6 is 0 Å². The molecule has 0 aliphatic carbocycles. The molecule has 0 aromatic rings. The van der Waals surface area contributed by atoms with Gasteiger partial charge in [0.1, 0.15) is 6.61 Å². The van der Waals surface area contributed by atoms with E-state index in [9.17, 15) is 28.8 Å². The lowest BCUT2D eigenvalue weighted by Crippen LogP contribution is -2.35. The van der Waals surface area contributed by atoms with Crippen molar-refractivity contribution in [2.45, 2.75) is 45.1 Å². The van der Waals surface area contributed by atoms with Gasteiger partial charge in [-0.05, 0) is 19.8 Å². The Kier molecular flexibility index (Phi) is 11.0. The summed E-state index contributed by atoms with van der Waals surface area (Å²) in [6.07, 6.45) is -1.79. The number of unbranched alkanes of at least 4 members (excludes halogenated alkanes) is 1. The van der Waals surface area contributed by atoms with Crippen LogP contribution in [0.5, 0.6) is 0 Å². The zero-order valence-electron chi connectivity index (χ0n) is 14.4. The maximum Gasteiger partial charge on any atom is 0.348 e. The number of rotatable bonds is 13. The molecular weight excluding hydrogens is 352 g/mol. The summed E-state index contributed by atoms with van der Waals surface area (Å²) in [6.45, 7) is 0.247. The van der Waals surface area contributed by atoms with Gasteiger partial charge in [-0.2, -0.15) is 0 Å². The molecule has 0 fully saturated rings. The van der Waals surface area contributed by atoms with Crippen molar-refractivity contribution in [3.8, 4) is 0 Å². The van der Waals surface area contributed by atoms with Crippen molar-refractivity contribution in [1.82, 2.24) is 0 Å². The van der Waals surface area contributed by atoms with Crippen molar-refractivity contribution >= 4 is 35.5 Å². The number of ketones is 1. The third-order valence-corrected chi connectivity index (χ3v) is 2.73. The fourth-order valence-electron chi connectivity index (χ4n) is 1.60. The second-order valence-electron chi connectivity index (χ2n) is 5.29. The lowest BCUT2D eigenvalue weighted by atomic mass is 10.2. The molecule has 0 saturated heterocycles. The van der Waals surface area contributed by atoms with E-state index in [1.807, 2.05) is 0 Å². The number of nitrogens with two attached hydrogens (primary N) is 2. The number of amides is 2. The lowest BCUT2D eigenvalue weighted by Gasteiger charge is -2.15. The number of ether oxygens (including phenoxy) is 3. The molecule has 0 aromatic carbocycles. The third kappa shape index (κ3) is 12.4. The summed E-state index contributed by atoms with van der Waals surface area (Å²) in [5.74, 6) is -4.62. The van der Waals surface area contributed by atoms with Crippen LogP contribution in [-0.2, 0) is 43.0 Å². The molecule has 0 spiro atoms. The quantitative estimate of drug-likeness (QED) is 0.220. The largest absolute Gasteiger partial charge is 0.458 e. The molecule has 0 radical (unpaired) electrons. The van der Waals surface area contributed by atoms with E-state index < -0.39 is 48.9 Å². The predicted molar refractivity (Wildman–Crippen MR) is 84.0 cm³/mol. The van der Waals surface area contributed by atoms with E-state index in [-0.39, 0.29) is 31.7 Å². The van der Waals surface area contributed by atoms with E-state index >= 15 is 0 Å². The Morgan fingerprint density at radius 3 is 1.88 bits per heavy atom. The number of Topliss-reactive ketones (excluding diaryl/α,β-unsaturated/α-hetero) is 1. The summed E-state index contributed by atoms with van der Waals surface area (Å²) in [4.78, 5) is 66.8. The van der Waals surface area contributed by atoms with Crippen LogP contribution < -0.4 is 11.5 Å². The van der Waals surface area contributed by atoms with E-state index in [0.29, 0.717) is 6.42 Å². The zero-order chi connectivity index (χ0) is 20.1. The smallest absolute Gasteiger partial charge is 0.348 e. The van der Waals surface area contributed by atoms with Crippen LogP contribution in [-0.4, -0.2) is 54.8 Å². The van der Waals surface area contributed by atoms with Gasteiger partial charge >= 0.3 is 17.9 Å². The average Bonchev–Trinajstić information content (AvgIpc) is 2.53. The minimum absolute atomic E-state index is 0.00588. The summed E-state index contributed by atoms with van der Waals surface area (Å²) >= 11 is 0. The maximum absolute atomic E-state index is 11.7. The normalized spacial score (nSPS) is 11.1. The first-order chi connectivity index (χ1) is 12.1. The Bertz CT molecular complexity index is 559. The summed E-state index contributed by atoms with van der Waals surface area (Å²) in [7, 11) is 0. The molecule has 0 saturated carbocycles. The Morgan fingerprint density at radius 1 is 0.808 bits per heavy atom. The third-order valence-electron chi connectivity index (χ3n) is 2.73. The summed E-state index contributed by atoms with van der Waals surface area (Å²) in [6, 6.07) is 0. The molecular formula is C15H22N2O9. The summed E-state index contributed by atoms with van der Waals surface area (Å²) in [5, 5.41) is 0. The first kappa shape index (κ1) is 23.0. The maximum atomic E-state index is 11.7. The molecule has 0 heterocycles. The van der Waals surface area contributed by atoms with Gasteiger partial charge in [-0.25, -0.2) is 4.79 Å². The molecule has 1 unspecified atom stereocenters. The van der Waals surface area contributed by atoms with E-state index in [1.165, 1.54) is 6.92 Å². The minimum Gasteiger partial charge on any atom is -0.458 e. The summed E-state index contributed by atoms with van der Waals surface area (Å²) in [5.41, 5.74) is 9.78. The van der Waals surface area contributed by atoms with E-state index in [1.54, 1.807) is 0 Å². The molecule has 0 aromatic heterocycles. The Morgan fingerprint density at radius 2 is 1.38 bits per heavy atom. The van der Waals surface area contributed by atoms with Crippen molar-refractivity contribution in [2.75, 3.05) is 13.2 Å². The highest BCUT2D eigenvalue weighted by Crippen LogP contribution is 2.08. The molecule has 4 N–H and O–H groups in total. The zero-order valence-corrected chi connectivity index (χ0v) is 14.4. The van der Waals surface area contributed by atoms with Gasteiger partial charge in [0.15, 0.2) is 12.4 Å². The fourth-order valence-corrected chi connectivity index (χ4v) is 1.60. The molecule has 0 aliphatic rings. The van der Waals surface area contributed by atoms with Gasteiger partial charge in [0.05, 0.1) is 6.42 Å². The van der Waals surface area contributed by atoms with Crippen LogP contribution in [0.4, 0.5) is 0 Å². The highest BCUT2D eigenvalue weighted by atomic mass is 16.6. The van der Waals surface area contributed by atoms with Gasteiger partial charge in [-0.15, -0.1) is 0 Å². The number of esters is 3.